The van der Waals surface area contributed by atoms with E-state index in [1.807, 2.05) is 20.8 Å². The molecule has 10 nitrogen and oxygen atoms in total. The van der Waals surface area contributed by atoms with Crippen LogP contribution in [0.3, 0.4) is 0 Å². The van der Waals surface area contributed by atoms with Gasteiger partial charge in [-0.15, -0.1) is 5.10 Å². The van der Waals surface area contributed by atoms with E-state index in [2.05, 4.69) is 30.7 Å². The SMILES string of the molecule is Cn1cc(-c2cn3nccc3c(-c3ccc(CNC(=O)c4cnn(C(C)(C)C)n4)c(F)c3F)n2)cn1. The molecule has 1 aromatic carbocycles. The van der Waals surface area contributed by atoms with Crippen molar-refractivity contribution >= 4 is 11.4 Å². The minimum atomic E-state index is -1.07. The molecule has 0 bridgehead atoms. The number of hydrogen-bond acceptors (Lipinski definition) is 6. The van der Waals surface area contributed by atoms with Gasteiger partial charge in [0.05, 0.1) is 47.2 Å². The molecule has 36 heavy (non-hydrogen) atoms. The molecule has 0 unspecified atom stereocenters. The highest BCUT2D eigenvalue weighted by molar-refractivity contribution is 5.91. The molecule has 4 aromatic heterocycles. The third-order valence-corrected chi connectivity index (χ3v) is 5.57. The van der Waals surface area contributed by atoms with Crippen LogP contribution in [-0.4, -0.2) is 45.3 Å². The van der Waals surface area contributed by atoms with Gasteiger partial charge in [0.15, 0.2) is 17.3 Å². The van der Waals surface area contributed by atoms with Crippen LogP contribution in [0.1, 0.15) is 36.8 Å². The first kappa shape index (κ1) is 23.3. The van der Waals surface area contributed by atoms with Gasteiger partial charge in [0.2, 0.25) is 0 Å². The molecular formula is C24H23F2N9O. The Morgan fingerprint density at radius 1 is 1.03 bits per heavy atom. The molecule has 184 valence electrons. The summed E-state index contributed by atoms with van der Waals surface area (Å²) in [5.41, 5.74) is 1.62. The van der Waals surface area contributed by atoms with E-state index in [1.165, 1.54) is 23.1 Å². The molecular weight excluding hydrogens is 468 g/mol. The number of benzene rings is 1. The van der Waals surface area contributed by atoms with E-state index in [-0.39, 0.29) is 29.1 Å². The standard InChI is InChI=1S/C24H23F2N9O/c1-24(2,3)35-30-11-17(32-35)23(36)27-9-14-5-6-16(21(26)20(14)25)22-19-7-8-28-34(19)13-18(31-22)15-10-29-33(4)12-15/h5-8,10-13H,9H2,1-4H3,(H,27,36). The van der Waals surface area contributed by atoms with Crippen molar-refractivity contribution in [2.75, 3.05) is 0 Å². The van der Waals surface area contributed by atoms with Gasteiger partial charge in [0.1, 0.15) is 0 Å². The maximum atomic E-state index is 15.3. The summed E-state index contributed by atoms with van der Waals surface area (Å²) in [6, 6.07) is 4.54. The lowest BCUT2D eigenvalue weighted by molar-refractivity contribution is 0.0944. The number of carbonyl (C=O) groups is 1. The molecule has 0 saturated heterocycles. The van der Waals surface area contributed by atoms with Gasteiger partial charge in [-0.2, -0.15) is 20.1 Å². The molecule has 0 atom stereocenters. The fraction of sp³-hybridized carbons (Fsp3) is 0.250. The van der Waals surface area contributed by atoms with Crippen LogP contribution in [0.5, 0.6) is 0 Å². The number of nitrogens with one attached hydrogen (secondary N) is 1. The zero-order valence-electron chi connectivity index (χ0n) is 20.1. The zero-order chi connectivity index (χ0) is 25.6. The second-order valence-electron chi connectivity index (χ2n) is 9.31. The normalized spacial score (nSPS) is 11.8. The van der Waals surface area contributed by atoms with E-state index >= 15 is 8.78 Å². The summed E-state index contributed by atoms with van der Waals surface area (Å²) < 4.78 is 33.6. The van der Waals surface area contributed by atoms with Crippen LogP contribution in [0.2, 0.25) is 0 Å². The summed E-state index contributed by atoms with van der Waals surface area (Å²) in [5.74, 6) is -2.68. The Morgan fingerprint density at radius 3 is 2.53 bits per heavy atom. The van der Waals surface area contributed by atoms with Crippen LogP contribution in [0.25, 0.3) is 28.0 Å². The number of aryl methyl sites for hydroxylation is 1. The minimum Gasteiger partial charge on any atom is -0.346 e. The topological polar surface area (TPSA) is 108 Å². The lowest BCUT2D eigenvalue weighted by Gasteiger charge is -2.16. The predicted molar refractivity (Wildman–Crippen MR) is 127 cm³/mol. The van der Waals surface area contributed by atoms with E-state index in [1.54, 1.807) is 47.1 Å². The summed E-state index contributed by atoms with van der Waals surface area (Å²) >= 11 is 0. The number of fused-ring (bicyclic) bond motifs is 1. The van der Waals surface area contributed by atoms with Crippen molar-refractivity contribution in [3.8, 4) is 22.5 Å². The first-order chi connectivity index (χ1) is 17.1. The van der Waals surface area contributed by atoms with E-state index < -0.39 is 23.1 Å². The van der Waals surface area contributed by atoms with E-state index in [0.29, 0.717) is 16.8 Å². The highest BCUT2D eigenvalue weighted by Gasteiger charge is 2.22. The molecule has 12 heteroatoms. The third kappa shape index (κ3) is 4.21. The summed E-state index contributed by atoms with van der Waals surface area (Å²) in [4.78, 5) is 18.5. The Labute approximate surface area is 204 Å². The highest BCUT2D eigenvalue weighted by atomic mass is 19.2. The maximum Gasteiger partial charge on any atom is 0.273 e. The third-order valence-electron chi connectivity index (χ3n) is 5.57. The summed E-state index contributed by atoms with van der Waals surface area (Å²) in [6.07, 6.45) is 7.98. The number of carbonyl (C=O) groups excluding carboxylic acids is 1. The van der Waals surface area contributed by atoms with Crippen LogP contribution in [-0.2, 0) is 19.1 Å². The first-order valence-corrected chi connectivity index (χ1v) is 11.1. The molecule has 0 aliphatic heterocycles. The molecule has 1 N–H and O–H groups in total. The van der Waals surface area contributed by atoms with Gasteiger partial charge in [0.25, 0.3) is 5.91 Å². The summed E-state index contributed by atoms with van der Waals surface area (Å²) in [7, 11) is 1.77. The molecule has 0 radical (unpaired) electrons. The average molecular weight is 492 g/mol. The first-order valence-electron chi connectivity index (χ1n) is 11.1. The van der Waals surface area contributed by atoms with Crippen LogP contribution in [0.4, 0.5) is 8.78 Å². The van der Waals surface area contributed by atoms with Crippen molar-refractivity contribution in [3.63, 3.8) is 0 Å². The molecule has 0 aliphatic rings. The van der Waals surface area contributed by atoms with Crippen LogP contribution in [0.15, 0.2) is 49.2 Å². The summed E-state index contributed by atoms with van der Waals surface area (Å²) in [6.45, 7) is 5.46. The van der Waals surface area contributed by atoms with Gasteiger partial charge in [-0.05, 0) is 32.9 Å². The number of hydrogen-bond donors (Lipinski definition) is 1. The van der Waals surface area contributed by atoms with Gasteiger partial charge < -0.3 is 5.32 Å². The molecule has 5 rings (SSSR count). The monoisotopic (exact) mass is 491 g/mol. The lowest BCUT2D eigenvalue weighted by Crippen LogP contribution is -2.27. The molecule has 4 heterocycles. The fourth-order valence-corrected chi connectivity index (χ4v) is 3.68. The number of nitrogens with zero attached hydrogens (tertiary/aromatic N) is 8. The minimum absolute atomic E-state index is 0.0132. The predicted octanol–water partition coefficient (Wildman–Crippen LogP) is 3.35. The number of amides is 1. The largest absolute Gasteiger partial charge is 0.346 e. The van der Waals surface area contributed by atoms with Gasteiger partial charge in [-0.25, -0.2) is 18.3 Å². The molecule has 0 fully saturated rings. The second-order valence-corrected chi connectivity index (χ2v) is 9.31. The average Bonchev–Trinajstić information content (AvgIpc) is 3.59. The second kappa shape index (κ2) is 8.63. The fourth-order valence-electron chi connectivity index (χ4n) is 3.68. The lowest BCUT2D eigenvalue weighted by atomic mass is 10.1. The highest BCUT2D eigenvalue weighted by Crippen LogP contribution is 2.30. The van der Waals surface area contributed by atoms with Crippen molar-refractivity contribution in [1.29, 1.82) is 0 Å². The van der Waals surface area contributed by atoms with E-state index in [9.17, 15) is 4.79 Å². The molecule has 0 saturated carbocycles. The molecule has 0 aliphatic carbocycles. The summed E-state index contributed by atoms with van der Waals surface area (Å²) in [5, 5.41) is 19.2. The van der Waals surface area contributed by atoms with Crippen molar-refractivity contribution in [2.24, 2.45) is 7.05 Å². The number of halogens is 2. The smallest absolute Gasteiger partial charge is 0.273 e. The Morgan fingerprint density at radius 2 is 1.83 bits per heavy atom. The Hall–Kier alpha value is -4.48. The van der Waals surface area contributed by atoms with Crippen molar-refractivity contribution < 1.29 is 13.6 Å². The van der Waals surface area contributed by atoms with E-state index in [0.717, 1.165) is 0 Å². The Kier molecular flexibility index (Phi) is 5.58. The van der Waals surface area contributed by atoms with Crippen molar-refractivity contribution in [2.45, 2.75) is 32.9 Å². The van der Waals surface area contributed by atoms with Crippen molar-refractivity contribution in [3.05, 3.63) is 72.1 Å². The number of aromatic nitrogens is 8. The van der Waals surface area contributed by atoms with Crippen LogP contribution >= 0.6 is 0 Å². The van der Waals surface area contributed by atoms with Crippen molar-refractivity contribution in [1.82, 2.24) is 44.7 Å². The Balaban J connectivity index is 1.43. The molecule has 1 amide bonds. The van der Waals surface area contributed by atoms with Gasteiger partial charge in [0, 0.05) is 36.5 Å². The maximum absolute atomic E-state index is 15.3. The number of rotatable bonds is 5. The van der Waals surface area contributed by atoms with Crippen LogP contribution < -0.4 is 5.32 Å². The Bertz CT molecular complexity index is 1590. The van der Waals surface area contributed by atoms with E-state index in [4.69, 9.17) is 0 Å². The zero-order valence-corrected chi connectivity index (χ0v) is 20.1. The molecule has 5 aromatic rings. The molecule has 0 spiro atoms. The van der Waals surface area contributed by atoms with Crippen LogP contribution in [0, 0.1) is 11.6 Å². The quantitative estimate of drug-likeness (QED) is 0.404. The van der Waals surface area contributed by atoms with Gasteiger partial charge in [-0.1, -0.05) is 6.07 Å². The van der Waals surface area contributed by atoms with Gasteiger partial charge >= 0.3 is 0 Å². The van der Waals surface area contributed by atoms with Gasteiger partial charge in [-0.3, -0.25) is 9.48 Å².